The molecular formula is C21H18FN5O. The van der Waals surface area contributed by atoms with Crippen LogP contribution in [0.2, 0.25) is 0 Å². The van der Waals surface area contributed by atoms with Gasteiger partial charge >= 0.3 is 0 Å². The van der Waals surface area contributed by atoms with Crippen LogP contribution < -0.4 is 0 Å². The lowest BCUT2D eigenvalue weighted by molar-refractivity contribution is 0.0705. The van der Waals surface area contributed by atoms with Gasteiger partial charge in [0.15, 0.2) is 0 Å². The topological polar surface area (TPSA) is 85.7 Å². The van der Waals surface area contributed by atoms with Gasteiger partial charge in [0.05, 0.1) is 5.69 Å². The van der Waals surface area contributed by atoms with E-state index < -0.39 is 0 Å². The molecule has 140 valence electrons. The number of nitrogens with zero attached hydrogens (tertiary/aromatic N) is 4. The van der Waals surface area contributed by atoms with Gasteiger partial charge in [0.1, 0.15) is 29.1 Å². The van der Waals surface area contributed by atoms with Gasteiger partial charge in [0.25, 0.3) is 5.91 Å². The number of carbonyl (C=O) groups excluding carboxylic acids is 1. The predicted molar refractivity (Wildman–Crippen MR) is 101 cm³/mol. The van der Waals surface area contributed by atoms with Crippen molar-refractivity contribution < 1.29 is 9.18 Å². The average molecular weight is 375 g/mol. The second-order valence-electron chi connectivity index (χ2n) is 6.77. The number of piperidine rings is 1. The van der Waals surface area contributed by atoms with E-state index in [2.05, 4.69) is 15.0 Å². The zero-order valence-electron chi connectivity index (χ0n) is 15.1. The molecule has 3 aromatic rings. The number of amides is 1. The Morgan fingerprint density at radius 2 is 2.04 bits per heavy atom. The molecule has 6 nitrogen and oxygen atoms in total. The Morgan fingerprint density at radius 1 is 1.21 bits per heavy atom. The molecule has 3 heterocycles. The number of nitriles is 1. The number of hydrogen-bond donors (Lipinski definition) is 1. The lowest BCUT2D eigenvalue weighted by atomic mass is 9.95. The molecule has 7 heteroatoms. The zero-order valence-corrected chi connectivity index (χ0v) is 15.1. The summed E-state index contributed by atoms with van der Waals surface area (Å²) >= 11 is 0. The van der Waals surface area contributed by atoms with Crippen LogP contribution in [0.4, 0.5) is 4.39 Å². The Kier molecular flexibility index (Phi) is 4.85. The van der Waals surface area contributed by atoms with Gasteiger partial charge in [0, 0.05) is 30.8 Å². The molecule has 1 fully saturated rings. The van der Waals surface area contributed by atoms with E-state index in [1.54, 1.807) is 35.4 Å². The number of nitrogens with one attached hydrogen (secondary N) is 1. The van der Waals surface area contributed by atoms with Crippen LogP contribution >= 0.6 is 0 Å². The molecule has 0 unspecified atom stereocenters. The fraction of sp³-hybridized carbons (Fsp3) is 0.238. The molecule has 1 saturated heterocycles. The first-order valence-electron chi connectivity index (χ1n) is 9.11. The number of hydrogen-bond acceptors (Lipinski definition) is 4. The lowest BCUT2D eigenvalue weighted by Crippen LogP contribution is -2.38. The molecule has 4 rings (SSSR count). The quantitative estimate of drug-likeness (QED) is 0.759. The average Bonchev–Trinajstić information content (AvgIpc) is 3.23. The fourth-order valence-electron chi connectivity index (χ4n) is 3.48. The van der Waals surface area contributed by atoms with Crippen molar-refractivity contribution in [2.45, 2.75) is 18.8 Å². The first-order valence-corrected chi connectivity index (χ1v) is 9.11. The van der Waals surface area contributed by atoms with Crippen molar-refractivity contribution in [1.82, 2.24) is 19.9 Å². The van der Waals surface area contributed by atoms with E-state index in [0.717, 1.165) is 24.2 Å². The molecule has 0 radical (unpaired) electrons. The molecule has 0 bridgehead atoms. The van der Waals surface area contributed by atoms with Gasteiger partial charge in [-0.1, -0.05) is 12.1 Å². The number of H-pyrrole nitrogens is 1. The Morgan fingerprint density at radius 3 is 2.75 bits per heavy atom. The van der Waals surface area contributed by atoms with Crippen LogP contribution in [0.5, 0.6) is 0 Å². The summed E-state index contributed by atoms with van der Waals surface area (Å²) in [5, 5.41) is 8.88. The molecule has 2 aromatic heterocycles. The highest BCUT2D eigenvalue weighted by Gasteiger charge is 2.27. The third-order valence-electron chi connectivity index (χ3n) is 4.98. The van der Waals surface area contributed by atoms with Gasteiger partial charge < -0.3 is 9.88 Å². The molecule has 0 spiro atoms. The summed E-state index contributed by atoms with van der Waals surface area (Å²) in [5.41, 5.74) is 2.22. The highest BCUT2D eigenvalue weighted by Crippen LogP contribution is 2.28. The molecular weight excluding hydrogens is 357 g/mol. The number of carbonyl (C=O) groups is 1. The van der Waals surface area contributed by atoms with Crippen molar-refractivity contribution in [2.24, 2.45) is 0 Å². The Bertz CT molecular complexity index is 1050. The number of halogens is 1. The van der Waals surface area contributed by atoms with E-state index in [9.17, 15) is 9.18 Å². The maximum atomic E-state index is 13.5. The first-order chi connectivity index (χ1) is 13.6. The highest BCUT2D eigenvalue weighted by molar-refractivity contribution is 5.92. The second kappa shape index (κ2) is 7.61. The van der Waals surface area contributed by atoms with Crippen LogP contribution in [0.3, 0.4) is 0 Å². The first kappa shape index (κ1) is 17.9. The summed E-state index contributed by atoms with van der Waals surface area (Å²) in [5.74, 6) is 0.471. The number of aromatic nitrogens is 3. The molecule has 0 aliphatic carbocycles. The van der Waals surface area contributed by atoms with E-state index in [4.69, 9.17) is 5.26 Å². The predicted octanol–water partition coefficient (Wildman–Crippen LogP) is 3.50. The fourth-order valence-corrected chi connectivity index (χ4v) is 3.48. The third kappa shape index (κ3) is 3.62. The zero-order chi connectivity index (χ0) is 19.5. The summed E-state index contributed by atoms with van der Waals surface area (Å²) in [6.07, 6.45) is 3.21. The number of aromatic amines is 1. The van der Waals surface area contributed by atoms with Crippen molar-refractivity contribution in [3.8, 4) is 17.3 Å². The van der Waals surface area contributed by atoms with Crippen LogP contribution in [0.25, 0.3) is 11.3 Å². The van der Waals surface area contributed by atoms with Crippen molar-refractivity contribution in [1.29, 1.82) is 5.26 Å². The second-order valence-corrected chi connectivity index (χ2v) is 6.77. The van der Waals surface area contributed by atoms with Gasteiger partial charge in [0.2, 0.25) is 0 Å². The highest BCUT2D eigenvalue weighted by atomic mass is 19.1. The minimum atomic E-state index is -0.298. The molecule has 1 aliphatic heterocycles. The molecule has 1 N–H and O–H groups in total. The van der Waals surface area contributed by atoms with Crippen molar-refractivity contribution >= 4 is 5.91 Å². The SMILES string of the molecule is N#Cc1ccc(C(=O)N2CCC(c3nccc(-c4cccc(F)c4)n3)CC2)[nH]1. The maximum Gasteiger partial charge on any atom is 0.270 e. The van der Waals surface area contributed by atoms with E-state index in [1.807, 2.05) is 12.1 Å². The maximum absolute atomic E-state index is 13.5. The molecule has 28 heavy (non-hydrogen) atoms. The van der Waals surface area contributed by atoms with Crippen molar-refractivity contribution in [3.63, 3.8) is 0 Å². The number of benzene rings is 1. The monoisotopic (exact) mass is 375 g/mol. The summed E-state index contributed by atoms with van der Waals surface area (Å²) in [6.45, 7) is 1.19. The lowest BCUT2D eigenvalue weighted by Gasteiger charge is -2.31. The van der Waals surface area contributed by atoms with Gasteiger partial charge in [-0.05, 0) is 43.2 Å². The molecule has 1 aromatic carbocycles. The van der Waals surface area contributed by atoms with Gasteiger partial charge in [-0.15, -0.1) is 0 Å². The van der Waals surface area contributed by atoms with E-state index >= 15 is 0 Å². The van der Waals surface area contributed by atoms with Crippen molar-refractivity contribution in [2.75, 3.05) is 13.1 Å². The third-order valence-corrected chi connectivity index (χ3v) is 4.98. The van der Waals surface area contributed by atoms with E-state index in [-0.39, 0.29) is 17.6 Å². The molecule has 0 atom stereocenters. The standard InChI is InChI=1S/C21H18FN5O/c22-16-3-1-2-15(12-16)18-6-9-24-20(26-18)14-7-10-27(11-8-14)21(28)19-5-4-17(13-23)25-19/h1-6,9,12,14,25H,7-8,10-11H2. The Hall–Kier alpha value is -3.53. The van der Waals surface area contributed by atoms with Crippen LogP contribution in [0.1, 0.15) is 40.8 Å². The molecule has 1 amide bonds. The largest absolute Gasteiger partial charge is 0.342 e. The summed E-state index contributed by atoms with van der Waals surface area (Å²) in [6, 6.07) is 13.3. The Balaban J connectivity index is 1.45. The van der Waals surface area contributed by atoms with Crippen LogP contribution in [-0.2, 0) is 0 Å². The number of rotatable bonds is 3. The Labute approximate surface area is 161 Å². The molecule has 1 aliphatic rings. The van der Waals surface area contributed by atoms with Gasteiger partial charge in [-0.25, -0.2) is 14.4 Å². The van der Waals surface area contributed by atoms with Crippen LogP contribution in [-0.4, -0.2) is 38.8 Å². The van der Waals surface area contributed by atoms with Gasteiger partial charge in [-0.2, -0.15) is 5.26 Å². The van der Waals surface area contributed by atoms with E-state index in [1.165, 1.54) is 12.1 Å². The smallest absolute Gasteiger partial charge is 0.270 e. The van der Waals surface area contributed by atoms with Crippen molar-refractivity contribution in [3.05, 3.63) is 71.7 Å². The van der Waals surface area contributed by atoms with Gasteiger partial charge in [-0.3, -0.25) is 4.79 Å². The van der Waals surface area contributed by atoms with Crippen LogP contribution in [0, 0.1) is 17.1 Å². The minimum Gasteiger partial charge on any atom is -0.342 e. The van der Waals surface area contributed by atoms with Crippen LogP contribution in [0.15, 0.2) is 48.7 Å². The normalized spacial score (nSPS) is 14.6. The summed E-state index contributed by atoms with van der Waals surface area (Å²) < 4.78 is 13.5. The van der Waals surface area contributed by atoms with E-state index in [0.29, 0.717) is 30.2 Å². The molecule has 0 saturated carbocycles. The number of likely N-dealkylation sites (tertiary alicyclic amines) is 1. The minimum absolute atomic E-state index is 0.102. The summed E-state index contributed by atoms with van der Waals surface area (Å²) in [4.78, 5) is 26.2. The summed E-state index contributed by atoms with van der Waals surface area (Å²) in [7, 11) is 0.